The number of hydrogen-bond acceptors (Lipinski definition) is 3. The zero-order chi connectivity index (χ0) is 16.0. The molecule has 7 heteroatoms. The monoisotopic (exact) mass is 349 g/mol. The molecule has 1 atom stereocenters. The summed E-state index contributed by atoms with van der Waals surface area (Å²) in [5.74, 6) is 1.41. The van der Waals surface area contributed by atoms with E-state index in [1.807, 2.05) is 44.9 Å². The average molecular weight is 350 g/mol. The van der Waals surface area contributed by atoms with Gasteiger partial charge in [-0.2, -0.15) is 0 Å². The second-order valence-electron chi connectivity index (χ2n) is 5.70. The van der Waals surface area contributed by atoms with Crippen molar-refractivity contribution >= 4 is 39.7 Å². The largest absolute Gasteiger partial charge is 0.355 e. The molecule has 0 saturated carbocycles. The van der Waals surface area contributed by atoms with Crippen LogP contribution in [0.4, 0.5) is 0 Å². The molecule has 1 aromatic rings. The normalized spacial score (nSPS) is 14.1. The predicted octanol–water partition coefficient (Wildman–Crippen LogP) is 2.96. The summed E-state index contributed by atoms with van der Waals surface area (Å²) < 4.78 is 12.6. The van der Waals surface area contributed by atoms with Crippen molar-refractivity contribution in [2.45, 2.75) is 32.1 Å². The number of hydrogen-bond donors (Lipinski definition) is 1. The average Bonchev–Trinajstić information content (AvgIpc) is 2.78. The number of rotatable bonds is 5. The Morgan fingerprint density at radius 3 is 2.62 bits per heavy atom. The molecule has 0 spiro atoms. The summed E-state index contributed by atoms with van der Waals surface area (Å²) in [7, 11) is 2.87. The van der Waals surface area contributed by atoms with Gasteiger partial charge in [0.05, 0.1) is 10.9 Å². The first-order chi connectivity index (χ1) is 9.74. The Morgan fingerprint density at radius 2 is 2.14 bits per heavy atom. The Morgan fingerprint density at radius 1 is 1.48 bits per heavy atom. The van der Waals surface area contributed by atoms with Gasteiger partial charge in [-0.05, 0) is 32.9 Å². The highest BCUT2D eigenvalue weighted by Crippen LogP contribution is 2.22. The molecule has 21 heavy (non-hydrogen) atoms. The van der Waals surface area contributed by atoms with Gasteiger partial charge in [0, 0.05) is 46.8 Å². The summed E-state index contributed by atoms with van der Waals surface area (Å²) in [5.41, 5.74) is 0. The van der Waals surface area contributed by atoms with Crippen molar-refractivity contribution < 1.29 is 4.21 Å². The molecule has 0 aliphatic carbocycles. The Hall–Kier alpha value is -0.590. The summed E-state index contributed by atoms with van der Waals surface area (Å²) in [6.07, 6.45) is 0. The van der Waals surface area contributed by atoms with E-state index in [4.69, 9.17) is 11.6 Å². The summed E-state index contributed by atoms with van der Waals surface area (Å²) >= 11 is 7.51. The Labute approximate surface area is 139 Å². The predicted molar refractivity (Wildman–Crippen MR) is 94.9 cm³/mol. The molecule has 0 aromatic carbocycles. The van der Waals surface area contributed by atoms with Gasteiger partial charge in [-0.15, -0.1) is 11.3 Å². The van der Waals surface area contributed by atoms with Crippen molar-refractivity contribution in [3.8, 4) is 0 Å². The molecular formula is C14H24ClN3OS2. The van der Waals surface area contributed by atoms with Crippen LogP contribution >= 0.6 is 22.9 Å². The molecule has 1 N–H and O–H groups in total. The number of halogens is 1. The van der Waals surface area contributed by atoms with Crippen molar-refractivity contribution in [3.05, 3.63) is 21.3 Å². The Bertz CT molecular complexity index is 509. The lowest BCUT2D eigenvalue weighted by atomic mass is 10.3. The molecule has 0 bridgehead atoms. The fourth-order valence-electron chi connectivity index (χ4n) is 1.69. The second kappa shape index (κ2) is 8.15. The molecule has 0 saturated heterocycles. The lowest BCUT2D eigenvalue weighted by molar-refractivity contribution is 0.483. The van der Waals surface area contributed by atoms with Crippen LogP contribution in [-0.2, 0) is 17.3 Å². The number of nitrogens with zero attached hydrogens (tertiary/aromatic N) is 2. The third-order valence-electron chi connectivity index (χ3n) is 2.85. The van der Waals surface area contributed by atoms with Crippen molar-refractivity contribution in [2.24, 2.45) is 4.99 Å². The molecule has 0 fully saturated rings. The van der Waals surface area contributed by atoms with E-state index in [9.17, 15) is 4.21 Å². The van der Waals surface area contributed by atoms with Gasteiger partial charge in [0.25, 0.3) is 0 Å². The molecule has 0 aliphatic rings. The molecular weight excluding hydrogens is 326 g/mol. The zero-order valence-corrected chi connectivity index (χ0v) is 15.7. The van der Waals surface area contributed by atoms with E-state index in [1.165, 1.54) is 4.88 Å². The molecule has 0 radical (unpaired) electrons. The fourth-order valence-corrected chi connectivity index (χ4v) is 3.73. The topological polar surface area (TPSA) is 44.7 Å². The van der Waals surface area contributed by atoms with Crippen LogP contribution < -0.4 is 5.32 Å². The maximum absolute atomic E-state index is 12.0. The van der Waals surface area contributed by atoms with E-state index < -0.39 is 10.8 Å². The lowest BCUT2D eigenvalue weighted by Gasteiger charge is -2.22. The van der Waals surface area contributed by atoms with Gasteiger partial charge in [0.15, 0.2) is 5.96 Å². The number of guanidine groups is 1. The highest BCUT2D eigenvalue weighted by molar-refractivity contribution is 7.86. The van der Waals surface area contributed by atoms with Gasteiger partial charge in [-0.3, -0.25) is 9.20 Å². The minimum absolute atomic E-state index is 0.176. The standard InChI is InChI=1S/C14H24ClN3OS2/c1-14(2,3)21(19)9-8-17-13(16-4)18(5)10-11-6-7-12(15)20-11/h6-7H,8-10H2,1-5H3,(H,16,17). The van der Waals surface area contributed by atoms with Crippen molar-refractivity contribution in [2.75, 3.05) is 26.4 Å². The van der Waals surface area contributed by atoms with E-state index in [0.717, 1.165) is 16.8 Å². The summed E-state index contributed by atoms with van der Waals surface area (Å²) in [5, 5.41) is 3.25. The van der Waals surface area contributed by atoms with Crippen molar-refractivity contribution in [3.63, 3.8) is 0 Å². The van der Waals surface area contributed by atoms with Gasteiger partial charge in [-0.1, -0.05) is 11.6 Å². The van der Waals surface area contributed by atoms with Crippen molar-refractivity contribution in [1.82, 2.24) is 10.2 Å². The zero-order valence-electron chi connectivity index (χ0n) is 13.3. The highest BCUT2D eigenvalue weighted by atomic mass is 35.5. The van der Waals surface area contributed by atoms with Crippen LogP contribution in [0.15, 0.2) is 17.1 Å². The third kappa shape index (κ3) is 6.36. The smallest absolute Gasteiger partial charge is 0.193 e. The van der Waals surface area contributed by atoms with Gasteiger partial charge < -0.3 is 10.2 Å². The molecule has 1 rings (SSSR count). The van der Waals surface area contributed by atoms with Crippen LogP contribution in [-0.4, -0.2) is 46.2 Å². The molecule has 1 aromatic heterocycles. The first-order valence-electron chi connectivity index (χ1n) is 6.78. The maximum Gasteiger partial charge on any atom is 0.193 e. The molecule has 0 amide bonds. The summed E-state index contributed by atoms with van der Waals surface area (Å²) in [6, 6.07) is 3.92. The lowest BCUT2D eigenvalue weighted by Crippen LogP contribution is -2.41. The molecule has 1 heterocycles. The van der Waals surface area contributed by atoms with E-state index in [-0.39, 0.29) is 4.75 Å². The SMILES string of the molecule is CN=C(NCCS(=O)C(C)(C)C)N(C)Cc1ccc(Cl)s1. The van der Waals surface area contributed by atoms with Crippen LogP contribution in [0.1, 0.15) is 25.6 Å². The molecule has 120 valence electrons. The molecule has 4 nitrogen and oxygen atoms in total. The van der Waals surface area contributed by atoms with Crippen LogP contribution in [0.2, 0.25) is 4.34 Å². The summed E-state index contributed by atoms with van der Waals surface area (Å²) in [6.45, 7) is 7.37. The van der Waals surface area contributed by atoms with Crippen LogP contribution in [0.5, 0.6) is 0 Å². The number of aliphatic imine (C=N–C) groups is 1. The summed E-state index contributed by atoms with van der Waals surface area (Å²) in [4.78, 5) is 7.47. The van der Waals surface area contributed by atoms with E-state index >= 15 is 0 Å². The molecule has 1 unspecified atom stereocenters. The Kier molecular flexibility index (Phi) is 7.16. The maximum atomic E-state index is 12.0. The van der Waals surface area contributed by atoms with Crippen molar-refractivity contribution in [1.29, 1.82) is 0 Å². The minimum atomic E-state index is -0.855. The van der Waals surface area contributed by atoms with Gasteiger partial charge >= 0.3 is 0 Å². The van der Waals surface area contributed by atoms with Crippen LogP contribution in [0.3, 0.4) is 0 Å². The second-order valence-corrected chi connectivity index (χ2v) is 9.82. The third-order valence-corrected chi connectivity index (χ3v) is 6.01. The first-order valence-corrected chi connectivity index (χ1v) is 9.30. The quantitative estimate of drug-likeness (QED) is 0.656. The van der Waals surface area contributed by atoms with Crippen LogP contribution in [0, 0.1) is 0 Å². The van der Waals surface area contributed by atoms with Gasteiger partial charge in [-0.25, -0.2) is 0 Å². The fraction of sp³-hybridized carbons (Fsp3) is 0.643. The Balaban J connectivity index is 2.46. The molecule has 0 aliphatic heterocycles. The minimum Gasteiger partial charge on any atom is -0.355 e. The van der Waals surface area contributed by atoms with Gasteiger partial charge in [0.2, 0.25) is 0 Å². The van der Waals surface area contributed by atoms with E-state index in [2.05, 4.69) is 10.3 Å². The van der Waals surface area contributed by atoms with E-state index in [0.29, 0.717) is 12.3 Å². The van der Waals surface area contributed by atoms with E-state index in [1.54, 1.807) is 18.4 Å². The first kappa shape index (κ1) is 18.5. The number of nitrogens with one attached hydrogen (secondary N) is 1. The number of thiophene rings is 1. The highest BCUT2D eigenvalue weighted by Gasteiger charge is 2.19. The van der Waals surface area contributed by atoms with Gasteiger partial charge in [0.1, 0.15) is 0 Å². The van der Waals surface area contributed by atoms with Crippen LogP contribution in [0.25, 0.3) is 0 Å².